The van der Waals surface area contributed by atoms with Crippen LogP contribution in [0.2, 0.25) is 0 Å². The average Bonchev–Trinajstić information content (AvgIpc) is 3.47. The number of ether oxygens (including phenoxy) is 1. The number of aromatic amines is 1. The molecule has 3 aliphatic heterocycles. The van der Waals surface area contributed by atoms with Crippen molar-refractivity contribution in [3.8, 4) is 0 Å². The molecule has 0 radical (unpaired) electrons. The number of rotatable bonds is 5. The van der Waals surface area contributed by atoms with E-state index >= 15 is 0 Å². The highest BCUT2D eigenvalue weighted by Gasteiger charge is 2.63. The molecule has 2 aromatic heterocycles. The van der Waals surface area contributed by atoms with Crippen molar-refractivity contribution in [3.05, 3.63) is 40.6 Å². The SMILES string of the molecule is O=C(Cc1cccs1)N1C[C@@H]2[C@H](CO)[C@H]3CN(C(=O)Cc4cnc[nH]4)C[C@]2(C1)O3. The fourth-order valence-corrected chi connectivity index (χ4v) is 5.84. The summed E-state index contributed by atoms with van der Waals surface area (Å²) in [6.07, 6.45) is 3.69. The van der Waals surface area contributed by atoms with Crippen LogP contribution in [0, 0.1) is 11.8 Å². The second-order valence-electron chi connectivity index (χ2n) is 8.23. The lowest BCUT2D eigenvalue weighted by Crippen LogP contribution is -2.56. The van der Waals surface area contributed by atoms with Gasteiger partial charge >= 0.3 is 0 Å². The smallest absolute Gasteiger partial charge is 0.228 e. The summed E-state index contributed by atoms with van der Waals surface area (Å²) in [5.41, 5.74) is 0.200. The zero-order valence-electron chi connectivity index (χ0n) is 16.0. The molecule has 0 aliphatic carbocycles. The Kier molecular flexibility index (Phi) is 4.68. The Balaban J connectivity index is 1.33. The Hall–Kier alpha value is -2.23. The lowest BCUT2D eigenvalue weighted by atomic mass is 9.83. The van der Waals surface area contributed by atoms with Crippen LogP contribution >= 0.6 is 11.3 Å². The number of imidazole rings is 1. The Morgan fingerprint density at radius 3 is 2.76 bits per heavy atom. The fourth-order valence-electron chi connectivity index (χ4n) is 5.14. The Morgan fingerprint density at radius 2 is 2.07 bits per heavy atom. The van der Waals surface area contributed by atoms with E-state index in [0.29, 0.717) is 32.6 Å². The predicted octanol–water partition coefficient (Wildman–Crippen LogP) is 0.303. The number of likely N-dealkylation sites (tertiary alicyclic amines) is 2. The lowest BCUT2D eigenvalue weighted by Gasteiger charge is -2.40. The van der Waals surface area contributed by atoms with Crippen LogP contribution < -0.4 is 0 Å². The van der Waals surface area contributed by atoms with Gasteiger partial charge < -0.3 is 24.6 Å². The molecule has 154 valence electrons. The van der Waals surface area contributed by atoms with E-state index in [1.165, 1.54) is 0 Å². The molecule has 2 amide bonds. The minimum absolute atomic E-state index is 0.00656. The van der Waals surface area contributed by atoms with Crippen molar-refractivity contribution in [2.24, 2.45) is 11.8 Å². The highest BCUT2D eigenvalue weighted by atomic mass is 32.1. The van der Waals surface area contributed by atoms with Crippen molar-refractivity contribution in [1.29, 1.82) is 0 Å². The van der Waals surface area contributed by atoms with Crippen molar-refractivity contribution in [3.63, 3.8) is 0 Å². The number of H-pyrrole nitrogens is 1. The van der Waals surface area contributed by atoms with E-state index in [1.54, 1.807) is 23.9 Å². The van der Waals surface area contributed by atoms with Gasteiger partial charge in [0, 0.05) is 48.3 Å². The first-order chi connectivity index (χ1) is 14.1. The molecule has 2 aromatic rings. The van der Waals surface area contributed by atoms with Crippen LogP contribution in [0.15, 0.2) is 30.0 Å². The third kappa shape index (κ3) is 3.27. The highest BCUT2D eigenvalue weighted by molar-refractivity contribution is 7.10. The molecular formula is C20H24N4O4S. The summed E-state index contributed by atoms with van der Waals surface area (Å²) in [4.78, 5) is 37.4. The molecule has 3 aliphatic rings. The van der Waals surface area contributed by atoms with Crippen LogP contribution in [0.5, 0.6) is 0 Å². The van der Waals surface area contributed by atoms with Crippen LogP contribution in [0.25, 0.3) is 0 Å². The van der Waals surface area contributed by atoms with Gasteiger partial charge in [0.05, 0.1) is 38.4 Å². The lowest BCUT2D eigenvalue weighted by molar-refractivity contribution is -0.154. The van der Waals surface area contributed by atoms with Crippen molar-refractivity contribution in [2.45, 2.75) is 24.5 Å². The number of carbonyl (C=O) groups is 2. The van der Waals surface area contributed by atoms with E-state index in [4.69, 9.17) is 4.74 Å². The number of amides is 2. The molecule has 5 heterocycles. The minimum atomic E-state index is -0.578. The van der Waals surface area contributed by atoms with Gasteiger partial charge in [-0.05, 0) is 11.4 Å². The fraction of sp³-hybridized carbons (Fsp3) is 0.550. The quantitative estimate of drug-likeness (QED) is 0.731. The Morgan fingerprint density at radius 1 is 1.28 bits per heavy atom. The van der Waals surface area contributed by atoms with Crippen LogP contribution in [-0.2, 0) is 27.2 Å². The summed E-state index contributed by atoms with van der Waals surface area (Å²) >= 11 is 1.58. The zero-order chi connectivity index (χ0) is 20.0. The number of hydrogen-bond donors (Lipinski definition) is 2. The Labute approximate surface area is 172 Å². The molecule has 0 saturated carbocycles. The third-order valence-corrected chi connectivity index (χ3v) is 7.39. The number of carbonyl (C=O) groups excluding carboxylic acids is 2. The van der Waals surface area contributed by atoms with E-state index in [1.807, 2.05) is 27.3 Å². The number of morpholine rings is 1. The first-order valence-electron chi connectivity index (χ1n) is 9.92. The molecule has 1 spiro atoms. The maximum Gasteiger partial charge on any atom is 0.228 e. The second kappa shape index (κ2) is 7.23. The van der Waals surface area contributed by atoms with Crippen LogP contribution in [0.4, 0.5) is 0 Å². The minimum Gasteiger partial charge on any atom is -0.396 e. The number of hydrogen-bond acceptors (Lipinski definition) is 6. The van der Waals surface area contributed by atoms with Gasteiger partial charge in [-0.2, -0.15) is 0 Å². The highest BCUT2D eigenvalue weighted by Crippen LogP contribution is 2.49. The molecule has 2 N–H and O–H groups in total. The van der Waals surface area contributed by atoms with Crippen LogP contribution in [0.3, 0.4) is 0 Å². The molecular weight excluding hydrogens is 392 g/mol. The summed E-state index contributed by atoms with van der Waals surface area (Å²) in [6, 6.07) is 3.92. The van der Waals surface area contributed by atoms with Crippen LogP contribution in [0.1, 0.15) is 10.6 Å². The number of aromatic nitrogens is 2. The number of fused-ring (bicyclic) bond motifs is 1. The average molecular weight is 417 g/mol. The Bertz CT molecular complexity index is 886. The first-order valence-corrected chi connectivity index (χ1v) is 10.8. The largest absolute Gasteiger partial charge is 0.396 e. The molecule has 8 nitrogen and oxygen atoms in total. The maximum atomic E-state index is 12.9. The van der Waals surface area contributed by atoms with E-state index in [0.717, 1.165) is 10.6 Å². The van der Waals surface area contributed by atoms with Gasteiger partial charge in [0.15, 0.2) is 0 Å². The molecule has 29 heavy (non-hydrogen) atoms. The van der Waals surface area contributed by atoms with E-state index in [9.17, 15) is 14.7 Å². The molecule has 3 fully saturated rings. The second-order valence-corrected chi connectivity index (χ2v) is 9.26. The normalized spacial score (nSPS) is 30.6. The summed E-state index contributed by atoms with van der Waals surface area (Å²) in [5, 5.41) is 12.0. The van der Waals surface area contributed by atoms with E-state index in [2.05, 4.69) is 9.97 Å². The monoisotopic (exact) mass is 416 g/mol. The van der Waals surface area contributed by atoms with Crippen molar-refractivity contribution < 1.29 is 19.4 Å². The molecule has 3 saturated heterocycles. The summed E-state index contributed by atoms with van der Waals surface area (Å²) in [6.45, 7) is 2.00. The molecule has 2 bridgehead atoms. The number of nitrogens with zero attached hydrogens (tertiary/aromatic N) is 3. The van der Waals surface area contributed by atoms with E-state index in [-0.39, 0.29) is 42.8 Å². The number of aliphatic hydroxyl groups is 1. The van der Waals surface area contributed by atoms with Crippen molar-refractivity contribution in [1.82, 2.24) is 19.8 Å². The van der Waals surface area contributed by atoms with Gasteiger partial charge in [-0.3, -0.25) is 9.59 Å². The predicted molar refractivity (Wildman–Crippen MR) is 105 cm³/mol. The van der Waals surface area contributed by atoms with Crippen LogP contribution in [-0.4, -0.2) is 81.2 Å². The standard InChI is InChI=1S/C20H24N4O4S/c25-9-15-16-7-23(19(27)5-14-2-1-3-29-14)10-20(16)11-24(8-17(15)28-20)18(26)4-13-6-21-12-22-13/h1-3,6,12,15-17,25H,4-5,7-11H2,(H,21,22)/t15-,16+,17+,20-/m0/s1. The van der Waals surface area contributed by atoms with Gasteiger partial charge in [0.25, 0.3) is 0 Å². The molecule has 0 aromatic carbocycles. The number of thiophene rings is 1. The van der Waals surface area contributed by atoms with E-state index < -0.39 is 5.60 Å². The van der Waals surface area contributed by atoms with Gasteiger partial charge in [-0.15, -0.1) is 11.3 Å². The van der Waals surface area contributed by atoms with Gasteiger partial charge in [-0.1, -0.05) is 6.07 Å². The van der Waals surface area contributed by atoms with Gasteiger partial charge in [0.1, 0.15) is 5.60 Å². The van der Waals surface area contributed by atoms with Gasteiger partial charge in [-0.25, -0.2) is 4.98 Å². The molecule has 5 rings (SSSR count). The van der Waals surface area contributed by atoms with Crippen molar-refractivity contribution in [2.75, 3.05) is 32.8 Å². The first kappa shape index (κ1) is 18.8. The number of nitrogens with one attached hydrogen (secondary N) is 1. The number of aliphatic hydroxyl groups excluding tert-OH is 1. The zero-order valence-corrected chi connectivity index (χ0v) is 16.8. The molecule has 4 atom stereocenters. The van der Waals surface area contributed by atoms with Gasteiger partial charge in [0.2, 0.25) is 11.8 Å². The third-order valence-electron chi connectivity index (χ3n) is 6.51. The topological polar surface area (TPSA) is 98.8 Å². The molecule has 9 heteroatoms. The molecule has 0 unspecified atom stereocenters. The van der Waals surface area contributed by atoms with Crippen molar-refractivity contribution >= 4 is 23.2 Å². The maximum absolute atomic E-state index is 12.9. The summed E-state index contributed by atoms with van der Waals surface area (Å²) in [7, 11) is 0. The summed E-state index contributed by atoms with van der Waals surface area (Å²) in [5.74, 6) is 0.0887. The summed E-state index contributed by atoms with van der Waals surface area (Å²) < 4.78 is 6.38.